The second-order valence-electron chi connectivity index (χ2n) is 7.55. The smallest absolute Gasteiger partial charge is 0.308 e. The number of carbonyl (C=O) groups excluding carboxylic acids is 2. The number of rotatable bonds is 12. The first kappa shape index (κ1) is 28.3. The van der Waals surface area contributed by atoms with Crippen molar-refractivity contribution in [2.24, 2.45) is 5.10 Å². The van der Waals surface area contributed by atoms with E-state index in [1.54, 1.807) is 32.4 Å². The monoisotopic (exact) mass is 543 g/mol. The summed E-state index contributed by atoms with van der Waals surface area (Å²) in [7, 11) is 6.02. The SMILES string of the molecule is CCn1c(SCC(=O)NN=Cc2cc(OC)c(OC(C)=O)c(OC)c2)nnc1-c1ccc(OC)c(OC)c1. The zero-order valence-corrected chi connectivity index (χ0v) is 22.7. The van der Waals surface area contributed by atoms with Crippen LogP contribution in [0.25, 0.3) is 11.4 Å². The summed E-state index contributed by atoms with van der Waals surface area (Å²) in [6.07, 6.45) is 1.43. The summed E-state index contributed by atoms with van der Waals surface area (Å²) in [6, 6.07) is 8.70. The Balaban J connectivity index is 1.66. The van der Waals surface area contributed by atoms with Crippen LogP contribution in [0, 0.1) is 0 Å². The maximum atomic E-state index is 12.4. The van der Waals surface area contributed by atoms with Gasteiger partial charge < -0.3 is 28.3 Å². The van der Waals surface area contributed by atoms with Crippen LogP contribution < -0.4 is 29.1 Å². The molecule has 0 saturated carbocycles. The minimum absolute atomic E-state index is 0.0689. The van der Waals surface area contributed by atoms with Gasteiger partial charge in [-0.25, -0.2) is 5.43 Å². The molecular formula is C25H29N5O7S. The number of esters is 1. The molecule has 1 aromatic heterocycles. The maximum absolute atomic E-state index is 12.4. The summed E-state index contributed by atoms with van der Waals surface area (Å²) in [5.74, 6) is 1.80. The van der Waals surface area contributed by atoms with Gasteiger partial charge in [0.2, 0.25) is 5.75 Å². The second-order valence-corrected chi connectivity index (χ2v) is 8.49. The molecule has 202 valence electrons. The van der Waals surface area contributed by atoms with Crippen LogP contribution in [-0.2, 0) is 16.1 Å². The van der Waals surface area contributed by atoms with Gasteiger partial charge >= 0.3 is 5.97 Å². The highest BCUT2D eigenvalue weighted by Gasteiger charge is 2.17. The average Bonchev–Trinajstić information content (AvgIpc) is 3.34. The fourth-order valence-corrected chi connectivity index (χ4v) is 4.22. The minimum Gasteiger partial charge on any atom is -0.493 e. The van der Waals surface area contributed by atoms with E-state index in [4.69, 9.17) is 23.7 Å². The van der Waals surface area contributed by atoms with Gasteiger partial charge in [-0.1, -0.05) is 11.8 Å². The van der Waals surface area contributed by atoms with E-state index in [0.29, 0.717) is 34.6 Å². The van der Waals surface area contributed by atoms with E-state index in [-0.39, 0.29) is 28.9 Å². The molecule has 0 bridgehead atoms. The van der Waals surface area contributed by atoms with Crippen molar-refractivity contribution in [2.75, 3.05) is 34.2 Å². The minimum atomic E-state index is -0.512. The largest absolute Gasteiger partial charge is 0.493 e. The topological polar surface area (TPSA) is 135 Å². The molecule has 3 rings (SSSR count). The van der Waals surface area contributed by atoms with Gasteiger partial charge in [-0.05, 0) is 37.3 Å². The lowest BCUT2D eigenvalue weighted by molar-refractivity contribution is -0.132. The summed E-state index contributed by atoms with van der Waals surface area (Å²) < 4.78 is 28.3. The van der Waals surface area contributed by atoms with Gasteiger partial charge in [-0.15, -0.1) is 10.2 Å². The van der Waals surface area contributed by atoms with Crippen LogP contribution in [-0.4, -0.2) is 67.0 Å². The molecule has 0 atom stereocenters. The summed E-state index contributed by atoms with van der Waals surface area (Å²) >= 11 is 1.24. The van der Waals surface area contributed by atoms with Crippen molar-refractivity contribution in [1.82, 2.24) is 20.2 Å². The Morgan fingerprint density at radius 2 is 1.63 bits per heavy atom. The first-order chi connectivity index (χ1) is 18.3. The maximum Gasteiger partial charge on any atom is 0.308 e. The standard InChI is InChI=1S/C25H29N5O7S/c1-7-30-24(17-8-9-18(33-3)19(12-17)34-4)28-29-25(30)38-14-22(32)27-26-13-16-10-20(35-5)23(37-15(2)31)21(11-16)36-6/h8-13H,7,14H2,1-6H3,(H,27,32). The predicted octanol–water partition coefficient (Wildman–Crippen LogP) is 3.17. The van der Waals surface area contributed by atoms with Crippen molar-refractivity contribution in [3.63, 3.8) is 0 Å². The van der Waals surface area contributed by atoms with Crippen LogP contribution in [0.3, 0.4) is 0 Å². The van der Waals surface area contributed by atoms with Crippen LogP contribution in [0.15, 0.2) is 40.6 Å². The third-order valence-electron chi connectivity index (χ3n) is 5.14. The second kappa shape index (κ2) is 13.3. The fourth-order valence-electron chi connectivity index (χ4n) is 3.43. The van der Waals surface area contributed by atoms with Gasteiger partial charge in [0.05, 0.1) is 40.4 Å². The number of nitrogens with one attached hydrogen (secondary N) is 1. The molecule has 0 fully saturated rings. The number of thioether (sulfide) groups is 1. The Bertz CT molecular complexity index is 1300. The molecule has 1 N–H and O–H groups in total. The molecule has 3 aromatic rings. The Kier molecular flexibility index (Phi) is 9.93. The van der Waals surface area contributed by atoms with Gasteiger partial charge in [-0.3, -0.25) is 9.59 Å². The van der Waals surface area contributed by atoms with Gasteiger partial charge in [-0.2, -0.15) is 5.10 Å². The number of hydrazone groups is 1. The molecule has 12 nitrogen and oxygen atoms in total. The molecule has 0 aliphatic rings. The summed E-state index contributed by atoms with van der Waals surface area (Å²) in [4.78, 5) is 23.8. The number of carbonyl (C=O) groups is 2. The van der Waals surface area contributed by atoms with E-state index in [9.17, 15) is 9.59 Å². The van der Waals surface area contributed by atoms with Crippen molar-refractivity contribution in [3.8, 4) is 40.1 Å². The highest BCUT2D eigenvalue weighted by molar-refractivity contribution is 7.99. The van der Waals surface area contributed by atoms with E-state index in [0.717, 1.165) is 5.56 Å². The number of hydrogen-bond acceptors (Lipinski definition) is 11. The Hall–Kier alpha value is -4.26. The summed E-state index contributed by atoms with van der Waals surface area (Å²) in [5, 5.41) is 13.1. The Morgan fingerprint density at radius 3 is 2.21 bits per heavy atom. The van der Waals surface area contributed by atoms with E-state index >= 15 is 0 Å². The molecule has 1 amide bonds. The van der Waals surface area contributed by atoms with Crippen LogP contribution in [0.4, 0.5) is 0 Å². The van der Waals surface area contributed by atoms with Crippen molar-refractivity contribution >= 4 is 29.9 Å². The number of hydrogen-bond donors (Lipinski definition) is 1. The highest BCUT2D eigenvalue weighted by atomic mass is 32.2. The lowest BCUT2D eigenvalue weighted by Crippen LogP contribution is -2.20. The molecule has 0 radical (unpaired) electrons. The molecule has 0 unspecified atom stereocenters. The predicted molar refractivity (Wildman–Crippen MR) is 142 cm³/mol. The third kappa shape index (κ3) is 6.73. The van der Waals surface area contributed by atoms with E-state index < -0.39 is 5.97 Å². The molecule has 38 heavy (non-hydrogen) atoms. The number of amides is 1. The number of benzene rings is 2. The van der Waals surface area contributed by atoms with Crippen LogP contribution in [0.5, 0.6) is 28.7 Å². The molecule has 0 spiro atoms. The first-order valence-corrected chi connectivity index (χ1v) is 12.4. The number of nitrogens with zero attached hydrogens (tertiary/aromatic N) is 4. The highest BCUT2D eigenvalue weighted by Crippen LogP contribution is 2.38. The third-order valence-corrected chi connectivity index (χ3v) is 6.11. The lowest BCUT2D eigenvalue weighted by Gasteiger charge is -2.13. The van der Waals surface area contributed by atoms with Crippen molar-refractivity contribution < 1.29 is 33.3 Å². The van der Waals surface area contributed by atoms with Crippen LogP contribution >= 0.6 is 11.8 Å². The number of ether oxygens (including phenoxy) is 5. The lowest BCUT2D eigenvalue weighted by atomic mass is 10.2. The average molecular weight is 544 g/mol. The molecule has 13 heteroatoms. The van der Waals surface area contributed by atoms with Gasteiger partial charge in [0, 0.05) is 24.6 Å². The number of aromatic nitrogens is 3. The van der Waals surface area contributed by atoms with E-state index in [2.05, 4.69) is 20.7 Å². The molecule has 2 aromatic carbocycles. The van der Waals surface area contributed by atoms with Crippen LogP contribution in [0.1, 0.15) is 19.4 Å². The zero-order valence-electron chi connectivity index (χ0n) is 21.9. The summed E-state index contributed by atoms with van der Waals surface area (Å²) in [6.45, 7) is 3.85. The molecule has 0 saturated heterocycles. The van der Waals surface area contributed by atoms with Crippen molar-refractivity contribution in [2.45, 2.75) is 25.5 Å². The van der Waals surface area contributed by atoms with E-state index in [1.165, 1.54) is 39.1 Å². The van der Waals surface area contributed by atoms with Gasteiger partial charge in [0.25, 0.3) is 5.91 Å². The van der Waals surface area contributed by atoms with Crippen molar-refractivity contribution in [1.29, 1.82) is 0 Å². The van der Waals surface area contributed by atoms with Gasteiger partial charge in [0.1, 0.15) is 0 Å². The summed E-state index contributed by atoms with van der Waals surface area (Å²) in [5.41, 5.74) is 3.85. The Morgan fingerprint density at radius 1 is 0.974 bits per heavy atom. The van der Waals surface area contributed by atoms with Gasteiger partial charge in [0.15, 0.2) is 34.0 Å². The fraction of sp³-hybridized carbons (Fsp3) is 0.320. The molecule has 0 aliphatic carbocycles. The molecule has 1 heterocycles. The van der Waals surface area contributed by atoms with Crippen molar-refractivity contribution in [3.05, 3.63) is 35.9 Å². The Labute approximate surface area is 224 Å². The number of methoxy groups -OCH3 is 4. The first-order valence-electron chi connectivity index (χ1n) is 11.4. The van der Waals surface area contributed by atoms with Crippen LogP contribution in [0.2, 0.25) is 0 Å². The molecule has 0 aliphatic heterocycles. The molecular weight excluding hydrogens is 514 g/mol. The zero-order chi connectivity index (χ0) is 27.7. The van der Waals surface area contributed by atoms with E-state index in [1.807, 2.05) is 23.6 Å². The normalized spacial score (nSPS) is 10.8. The quantitative estimate of drug-likeness (QED) is 0.119.